The van der Waals surface area contributed by atoms with Gasteiger partial charge in [0, 0.05) is 18.5 Å². The fourth-order valence-electron chi connectivity index (χ4n) is 3.25. The first-order valence-corrected chi connectivity index (χ1v) is 12.2. The summed E-state index contributed by atoms with van der Waals surface area (Å²) in [5.41, 5.74) is 7.13. The number of aryl methyl sites for hydroxylation is 1. The monoisotopic (exact) mass is 585 g/mol. The largest absolute Gasteiger partial charge is 0.493 e. The van der Waals surface area contributed by atoms with Crippen LogP contribution in [0.3, 0.4) is 0 Å². The zero-order valence-corrected chi connectivity index (χ0v) is 22.1. The van der Waals surface area contributed by atoms with E-state index in [1.165, 1.54) is 6.21 Å². The highest BCUT2D eigenvalue weighted by Crippen LogP contribution is 2.34. The first-order chi connectivity index (χ1) is 16.9. The Morgan fingerprint density at radius 2 is 1.74 bits per heavy atom. The Morgan fingerprint density at radius 1 is 1.00 bits per heavy atom. The molecular weight excluding hydrogens is 557 g/mol. The van der Waals surface area contributed by atoms with E-state index in [-0.39, 0.29) is 24.7 Å². The number of halogens is 1. The number of hydrogen-bond donors (Lipinski definition) is 2. The average molecular weight is 585 g/mol. The van der Waals surface area contributed by atoms with Gasteiger partial charge >= 0.3 is 0 Å². The number of carbonyl (C=O) groups is 2. The molecule has 0 fully saturated rings. The fraction of sp³-hybridized carbons (Fsp3) is 0.222. The van der Waals surface area contributed by atoms with Crippen LogP contribution < -0.4 is 20.2 Å². The molecule has 182 valence electrons. The molecule has 0 unspecified atom stereocenters. The van der Waals surface area contributed by atoms with Crippen LogP contribution in [-0.2, 0) is 16.2 Å². The van der Waals surface area contributed by atoms with E-state index in [1.807, 2.05) is 68.4 Å². The number of amides is 2. The lowest BCUT2D eigenvalue weighted by Crippen LogP contribution is -2.21. The molecule has 0 aliphatic carbocycles. The molecule has 0 saturated heterocycles. The summed E-state index contributed by atoms with van der Waals surface area (Å²) in [7, 11) is 1.58. The zero-order chi connectivity index (χ0) is 25.2. The summed E-state index contributed by atoms with van der Waals surface area (Å²) in [5.74, 6) is 0.654. The third-order valence-electron chi connectivity index (χ3n) is 5.34. The van der Waals surface area contributed by atoms with Gasteiger partial charge in [0.15, 0.2) is 11.5 Å². The van der Waals surface area contributed by atoms with Crippen molar-refractivity contribution >= 4 is 46.3 Å². The average Bonchev–Trinajstić information content (AvgIpc) is 2.85. The second-order valence-corrected chi connectivity index (χ2v) is 9.06. The van der Waals surface area contributed by atoms with E-state index < -0.39 is 0 Å². The number of methoxy groups -OCH3 is 1. The van der Waals surface area contributed by atoms with Crippen LogP contribution in [0, 0.1) is 17.4 Å². The van der Waals surface area contributed by atoms with Gasteiger partial charge in [-0.25, -0.2) is 5.43 Å². The molecule has 0 heterocycles. The van der Waals surface area contributed by atoms with Crippen molar-refractivity contribution in [3.63, 3.8) is 0 Å². The second kappa shape index (κ2) is 12.9. The fourth-order valence-corrected chi connectivity index (χ4v) is 4.03. The lowest BCUT2D eigenvalue weighted by molar-refractivity contribution is -0.124. The second-order valence-electron chi connectivity index (χ2n) is 7.90. The number of ether oxygens (including phenoxy) is 2. The summed E-state index contributed by atoms with van der Waals surface area (Å²) in [6.07, 6.45) is 1.62. The van der Waals surface area contributed by atoms with Crippen LogP contribution in [0.25, 0.3) is 0 Å². The summed E-state index contributed by atoms with van der Waals surface area (Å²) >= 11 is 2.18. The SMILES string of the molecule is COc1cc(C=NNC(=O)CCC(=O)Nc2cccc(C)c2C)cc(I)c1OCc1ccccc1. The summed E-state index contributed by atoms with van der Waals surface area (Å²) in [4.78, 5) is 24.3. The molecule has 2 amide bonds. The molecule has 7 nitrogen and oxygen atoms in total. The Morgan fingerprint density at radius 3 is 2.49 bits per heavy atom. The minimum absolute atomic E-state index is 0.0289. The number of nitrogens with one attached hydrogen (secondary N) is 2. The highest BCUT2D eigenvalue weighted by atomic mass is 127. The van der Waals surface area contributed by atoms with E-state index in [0.29, 0.717) is 18.1 Å². The number of anilines is 1. The third-order valence-corrected chi connectivity index (χ3v) is 6.14. The van der Waals surface area contributed by atoms with Crippen LogP contribution in [-0.4, -0.2) is 25.1 Å². The maximum absolute atomic E-state index is 12.2. The molecule has 0 bridgehead atoms. The van der Waals surface area contributed by atoms with Gasteiger partial charge in [0.2, 0.25) is 11.8 Å². The number of benzene rings is 3. The van der Waals surface area contributed by atoms with Gasteiger partial charge in [0.05, 0.1) is 16.9 Å². The third kappa shape index (κ3) is 7.81. The number of hydrogen-bond acceptors (Lipinski definition) is 5. The van der Waals surface area contributed by atoms with Gasteiger partial charge in [-0.3, -0.25) is 9.59 Å². The van der Waals surface area contributed by atoms with Gasteiger partial charge in [0.25, 0.3) is 0 Å². The summed E-state index contributed by atoms with van der Waals surface area (Å²) in [6.45, 7) is 4.36. The van der Waals surface area contributed by atoms with Gasteiger partial charge in [-0.2, -0.15) is 5.10 Å². The molecule has 3 aromatic rings. The van der Waals surface area contributed by atoms with E-state index in [1.54, 1.807) is 13.2 Å². The molecule has 3 aromatic carbocycles. The summed E-state index contributed by atoms with van der Waals surface area (Å²) in [5, 5.41) is 6.86. The van der Waals surface area contributed by atoms with E-state index in [4.69, 9.17) is 9.47 Å². The molecule has 0 aliphatic rings. The van der Waals surface area contributed by atoms with Gasteiger partial charge in [-0.15, -0.1) is 0 Å². The van der Waals surface area contributed by atoms with Crippen LogP contribution in [0.15, 0.2) is 65.8 Å². The lowest BCUT2D eigenvalue weighted by Gasteiger charge is -2.13. The molecule has 2 N–H and O–H groups in total. The Kier molecular flexibility index (Phi) is 9.66. The van der Waals surface area contributed by atoms with Gasteiger partial charge in [-0.05, 0) is 76.9 Å². The first-order valence-electron chi connectivity index (χ1n) is 11.1. The topological polar surface area (TPSA) is 89.0 Å². The van der Waals surface area contributed by atoms with E-state index in [2.05, 4.69) is 38.4 Å². The van der Waals surface area contributed by atoms with Crippen LogP contribution in [0.1, 0.15) is 35.1 Å². The highest BCUT2D eigenvalue weighted by molar-refractivity contribution is 14.1. The van der Waals surface area contributed by atoms with Crippen molar-refractivity contribution in [2.24, 2.45) is 5.10 Å². The first kappa shape index (κ1) is 26.2. The summed E-state index contributed by atoms with van der Waals surface area (Å²) < 4.78 is 12.3. The molecule has 0 saturated carbocycles. The molecule has 0 aliphatic heterocycles. The van der Waals surface area contributed by atoms with Crippen molar-refractivity contribution in [2.75, 3.05) is 12.4 Å². The summed E-state index contributed by atoms with van der Waals surface area (Å²) in [6, 6.07) is 19.3. The molecule has 0 spiro atoms. The predicted molar refractivity (Wildman–Crippen MR) is 146 cm³/mol. The van der Waals surface area contributed by atoms with Crippen molar-refractivity contribution in [1.82, 2.24) is 5.43 Å². The number of carbonyl (C=O) groups excluding carboxylic acids is 2. The molecule has 8 heteroatoms. The van der Waals surface area contributed by atoms with Crippen molar-refractivity contribution in [1.29, 1.82) is 0 Å². The zero-order valence-electron chi connectivity index (χ0n) is 19.9. The van der Waals surface area contributed by atoms with E-state index >= 15 is 0 Å². The quantitative estimate of drug-likeness (QED) is 0.191. The standard InChI is InChI=1S/C27H28IN3O4/c1-18-8-7-11-23(19(18)2)30-25(32)12-13-26(33)31-29-16-21-14-22(28)27(24(15-21)34-3)35-17-20-9-5-4-6-10-20/h4-11,14-16H,12-13,17H2,1-3H3,(H,30,32)(H,31,33). The predicted octanol–water partition coefficient (Wildman–Crippen LogP) is 5.36. The van der Waals surface area contributed by atoms with Crippen molar-refractivity contribution < 1.29 is 19.1 Å². The molecule has 0 aromatic heterocycles. The lowest BCUT2D eigenvalue weighted by atomic mass is 10.1. The van der Waals surface area contributed by atoms with Crippen molar-refractivity contribution in [3.8, 4) is 11.5 Å². The van der Waals surface area contributed by atoms with Crippen molar-refractivity contribution in [3.05, 3.63) is 86.5 Å². The molecule has 3 rings (SSSR count). The normalized spacial score (nSPS) is 10.7. The maximum atomic E-state index is 12.2. The number of hydrazone groups is 1. The Hall–Kier alpha value is -3.40. The van der Waals surface area contributed by atoms with Crippen LogP contribution in [0.2, 0.25) is 0 Å². The minimum atomic E-state index is -0.346. The van der Waals surface area contributed by atoms with Gasteiger partial charge in [-0.1, -0.05) is 42.5 Å². The maximum Gasteiger partial charge on any atom is 0.240 e. The number of nitrogens with zero attached hydrogens (tertiary/aromatic N) is 1. The molecule has 0 atom stereocenters. The number of rotatable bonds is 10. The Balaban J connectivity index is 1.51. The molecular formula is C27H28IN3O4. The van der Waals surface area contributed by atoms with E-state index in [9.17, 15) is 9.59 Å². The van der Waals surface area contributed by atoms with Crippen LogP contribution in [0.4, 0.5) is 5.69 Å². The van der Waals surface area contributed by atoms with Crippen molar-refractivity contribution in [2.45, 2.75) is 33.3 Å². The van der Waals surface area contributed by atoms with E-state index in [0.717, 1.165) is 31.5 Å². The Bertz CT molecular complexity index is 1210. The Labute approximate surface area is 219 Å². The van der Waals surface area contributed by atoms with Crippen LogP contribution in [0.5, 0.6) is 11.5 Å². The smallest absolute Gasteiger partial charge is 0.240 e. The highest BCUT2D eigenvalue weighted by Gasteiger charge is 2.12. The molecule has 35 heavy (non-hydrogen) atoms. The van der Waals surface area contributed by atoms with Gasteiger partial charge in [0.1, 0.15) is 6.61 Å². The van der Waals surface area contributed by atoms with Gasteiger partial charge < -0.3 is 14.8 Å². The minimum Gasteiger partial charge on any atom is -0.493 e. The molecule has 0 radical (unpaired) electrons. The van der Waals surface area contributed by atoms with Crippen LogP contribution >= 0.6 is 22.6 Å².